The van der Waals surface area contributed by atoms with E-state index in [4.69, 9.17) is 0 Å². The lowest BCUT2D eigenvalue weighted by Gasteiger charge is -2.17. The highest BCUT2D eigenvalue weighted by molar-refractivity contribution is 8.18. The molecule has 0 spiro atoms. The van der Waals surface area contributed by atoms with Crippen LogP contribution in [0.15, 0.2) is 64.5 Å². The van der Waals surface area contributed by atoms with E-state index < -0.39 is 0 Å². The van der Waals surface area contributed by atoms with Gasteiger partial charge in [-0.15, -0.1) is 0 Å². The molecule has 0 radical (unpaired) electrons. The quantitative estimate of drug-likeness (QED) is 0.710. The van der Waals surface area contributed by atoms with Gasteiger partial charge < -0.3 is 4.90 Å². The lowest BCUT2D eigenvalue weighted by molar-refractivity contribution is -0.122. The Hall–Kier alpha value is -2.53. The summed E-state index contributed by atoms with van der Waals surface area (Å²) in [6.07, 6.45) is 4.51. The van der Waals surface area contributed by atoms with E-state index in [2.05, 4.69) is 34.2 Å². The topological polar surface area (TPSA) is 35.9 Å². The molecule has 0 saturated carbocycles. The average molecular weight is 378 g/mol. The van der Waals surface area contributed by atoms with Crippen molar-refractivity contribution in [2.45, 2.75) is 19.8 Å². The standard InChI is InChI=1S/C22H23N3OS/c1-2-25-21(26)20(27-22(25)23-18-8-4-3-5-9-18)16-17-10-12-19(13-11-17)24-14-6-7-15-24/h3-5,8-13,16H,2,6-7,14-15H2,1H3/b20-16+,23-22?. The van der Waals surface area contributed by atoms with Gasteiger partial charge in [-0.3, -0.25) is 9.69 Å². The summed E-state index contributed by atoms with van der Waals surface area (Å²) in [5.41, 5.74) is 3.18. The lowest BCUT2D eigenvalue weighted by Crippen LogP contribution is -2.28. The van der Waals surface area contributed by atoms with Crippen LogP contribution in [-0.4, -0.2) is 35.6 Å². The number of aliphatic imine (C=N–C) groups is 1. The first-order valence-electron chi connectivity index (χ1n) is 9.45. The van der Waals surface area contributed by atoms with Crippen molar-refractivity contribution in [3.05, 3.63) is 65.1 Å². The summed E-state index contributed by atoms with van der Waals surface area (Å²) in [7, 11) is 0. The summed E-state index contributed by atoms with van der Waals surface area (Å²) >= 11 is 1.45. The average Bonchev–Trinajstić information content (AvgIpc) is 3.32. The summed E-state index contributed by atoms with van der Waals surface area (Å²) < 4.78 is 0. The Kier molecular flexibility index (Phi) is 5.30. The SMILES string of the molecule is CCN1C(=O)/C(=C\c2ccc(N3CCCC3)cc2)SC1=Nc1ccccc1. The van der Waals surface area contributed by atoms with E-state index in [0.717, 1.165) is 34.4 Å². The van der Waals surface area contributed by atoms with Crippen LogP contribution in [0.4, 0.5) is 11.4 Å². The van der Waals surface area contributed by atoms with Crippen LogP contribution in [0.2, 0.25) is 0 Å². The molecule has 2 aliphatic heterocycles. The zero-order valence-electron chi connectivity index (χ0n) is 15.5. The van der Waals surface area contributed by atoms with Gasteiger partial charge in [0.25, 0.3) is 5.91 Å². The van der Waals surface area contributed by atoms with Gasteiger partial charge in [0.2, 0.25) is 0 Å². The zero-order valence-corrected chi connectivity index (χ0v) is 16.3. The van der Waals surface area contributed by atoms with E-state index in [1.165, 1.54) is 30.3 Å². The number of amidine groups is 1. The molecular weight excluding hydrogens is 354 g/mol. The molecule has 0 aromatic heterocycles. The number of rotatable bonds is 4. The third-order valence-electron chi connectivity index (χ3n) is 4.85. The van der Waals surface area contributed by atoms with Crippen LogP contribution in [-0.2, 0) is 4.79 Å². The number of carbonyl (C=O) groups excluding carboxylic acids is 1. The second-order valence-electron chi connectivity index (χ2n) is 6.68. The van der Waals surface area contributed by atoms with Gasteiger partial charge in [-0.05, 0) is 67.4 Å². The Morgan fingerprint density at radius 1 is 1.04 bits per heavy atom. The normalized spacial score (nSPS) is 20.3. The van der Waals surface area contributed by atoms with Crippen molar-refractivity contribution in [1.82, 2.24) is 4.90 Å². The number of para-hydroxylation sites is 1. The number of nitrogens with zero attached hydrogens (tertiary/aromatic N) is 3. The fourth-order valence-electron chi connectivity index (χ4n) is 3.39. The first kappa shape index (κ1) is 17.9. The molecule has 0 N–H and O–H groups in total. The van der Waals surface area contributed by atoms with Crippen molar-refractivity contribution < 1.29 is 4.79 Å². The molecule has 2 aromatic rings. The highest BCUT2D eigenvalue weighted by Gasteiger charge is 2.32. The van der Waals surface area contributed by atoms with E-state index >= 15 is 0 Å². The Morgan fingerprint density at radius 3 is 2.41 bits per heavy atom. The Labute approximate surface area is 164 Å². The van der Waals surface area contributed by atoms with Gasteiger partial charge in [-0.1, -0.05) is 30.3 Å². The molecule has 2 aliphatic rings. The predicted octanol–water partition coefficient (Wildman–Crippen LogP) is 4.91. The molecule has 27 heavy (non-hydrogen) atoms. The third kappa shape index (κ3) is 3.93. The third-order valence-corrected chi connectivity index (χ3v) is 5.85. The van der Waals surface area contributed by atoms with E-state index in [-0.39, 0.29) is 5.91 Å². The maximum Gasteiger partial charge on any atom is 0.266 e. The molecule has 2 heterocycles. The summed E-state index contributed by atoms with van der Waals surface area (Å²) in [5, 5.41) is 0.744. The first-order chi connectivity index (χ1) is 13.2. The number of thioether (sulfide) groups is 1. The first-order valence-corrected chi connectivity index (χ1v) is 10.3. The number of anilines is 1. The molecule has 0 unspecified atom stereocenters. The maximum atomic E-state index is 12.8. The smallest absolute Gasteiger partial charge is 0.266 e. The Morgan fingerprint density at radius 2 is 1.74 bits per heavy atom. The molecule has 2 saturated heterocycles. The Bertz CT molecular complexity index is 868. The molecule has 4 nitrogen and oxygen atoms in total. The number of likely N-dealkylation sites (N-methyl/N-ethyl adjacent to an activating group) is 1. The molecular formula is C22H23N3OS. The van der Waals surface area contributed by atoms with Crippen molar-refractivity contribution in [2.24, 2.45) is 4.99 Å². The molecule has 1 amide bonds. The van der Waals surface area contributed by atoms with Crippen molar-refractivity contribution >= 4 is 40.3 Å². The van der Waals surface area contributed by atoms with Gasteiger partial charge in [0.1, 0.15) is 0 Å². The molecule has 0 aliphatic carbocycles. The largest absolute Gasteiger partial charge is 0.372 e. The summed E-state index contributed by atoms with van der Waals surface area (Å²) in [6.45, 7) is 4.87. The second-order valence-corrected chi connectivity index (χ2v) is 7.68. The summed E-state index contributed by atoms with van der Waals surface area (Å²) in [6, 6.07) is 18.3. The van der Waals surface area contributed by atoms with Crippen molar-refractivity contribution in [3.8, 4) is 0 Å². The van der Waals surface area contributed by atoms with E-state index in [1.807, 2.05) is 43.3 Å². The van der Waals surface area contributed by atoms with Crippen LogP contribution in [0.25, 0.3) is 6.08 Å². The molecule has 2 fully saturated rings. The number of benzene rings is 2. The minimum absolute atomic E-state index is 0.0285. The highest BCUT2D eigenvalue weighted by atomic mass is 32.2. The zero-order chi connectivity index (χ0) is 18.6. The molecule has 0 atom stereocenters. The van der Waals surface area contributed by atoms with Crippen molar-refractivity contribution in [3.63, 3.8) is 0 Å². The molecule has 2 aromatic carbocycles. The predicted molar refractivity (Wildman–Crippen MR) is 114 cm³/mol. The van der Waals surface area contributed by atoms with Crippen LogP contribution in [0.5, 0.6) is 0 Å². The molecule has 138 valence electrons. The summed E-state index contributed by atoms with van der Waals surface area (Å²) in [4.78, 5) is 22.3. The fraction of sp³-hybridized carbons (Fsp3) is 0.273. The van der Waals surface area contributed by atoms with Crippen molar-refractivity contribution in [1.29, 1.82) is 0 Å². The number of hydrogen-bond donors (Lipinski definition) is 0. The van der Waals surface area contributed by atoms with Crippen LogP contribution in [0.3, 0.4) is 0 Å². The fourth-order valence-corrected chi connectivity index (χ4v) is 4.45. The van der Waals surface area contributed by atoms with Gasteiger partial charge >= 0.3 is 0 Å². The molecule has 5 heteroatoms. The minimum Gasteiger partial charge on any atom is -0.372 e. The number of hydrogen-bond acceptors (Lipinski definition) is 4. The monoisotopic (exact) mass is 377 g/mol. The number of carbonyl (C=O) groups is 1. The van der Waals surface area contributed by atoms with Crippen LogP contribution in [0, 0.1) is 0 Å². The van der Waals surface area contributed by atoms with E-state index in [1.54, 1.807) is 4.90 Å². The Balaban J connectivity index is 1.56. The lowest BCUT2D eigenvalue weighted by atomic mass is 10.2. The maximum absolute atomic E-state index is 12.8. The van der Waals surface area contributed by atoms with Gasteiger partial charge in [0.05, 0.1) is 10.6 Å². The van der Waals surface area contributed by atoms with E-state index in [0.29, 0.717) is 6.54 Å². The van der Waals surface area contributed by atoms with Crippen LogP contribution >= 0.6 is 11.8 Å². The highest BCUT2D eigenvalue weighted by Crippen LogP contribution is 2.34. The number of amides is 1. The van der Waals surface area contributed by atoms with Crippen LogP contribution in [0.1, 0.15) is 25.3 Å². The summed E-state index contributed by atoms with van der Waals surface area (Å²) in [5.74, 6) is 0.0285. The minimum atomic E-state index is 0.0285. The van der Waals surface area contributed by atoms with Gasteiger partial charge in [-0.2, -0.15) is 0 Å². The second kappa shape index (κ2) is 8.01. The van der Waals surface area contributed by atoms with E-state index in [9.17, 15) is 4.79 Å². The van der Waals surface area contributed by atoms with Crippen molar-refractivity contribution in [2.75, 3.05) is 24.5 Å². The van der Waals surface area contributed by atoms with Gasteiger partial charge in [0.15, 0.2) is 5.17 Å². The van der Waals surface area contributed by atoms with Crippen LogP contribution < -0.4 is 4.90 Å². The molecule has 4 rings (SSSR count). The van der Waals surface area contributed by atoms with Gasteiger partial charge in [0, 0.05) is 25.3 Å². The van der Waals surface area contributed by atoms with Gasteiger partial charge in [-0.25, -0.2) is 4.99 Å². The molecule has 0 bridgehead atoms.